The number of ether oxygens (including phenoxy) is 1. The maximum atomic E-state index is 11.7. The first kappa shape index (κ1) is 12.8. The summed E-state index contributed by atoms with van der Waals surface area (Å²) in [6.45, 7) is 5.04. The van der Waals surface area contributed by atoms with Gasteiger partial charge in [0.15, 0.2) is 0 Å². The fourth-order valence-electron chi connectivity index (χ4n) is 1.70. The summed E-state index contributed by atoms with van der Waals surface area (Å²) in [5.74, 6) is 0. The van der Waals surface area contributed by atoms with Gasteiger partial charge in [0.25, 0.3) is 0 Å². The first-order valence-corrected chi connectivity index (χ1v) is 5.73. The van der Waals surface area contributed by atoms with E-state index in [4.69, 9.17) is 10.00 Å². The van der Waals surface area contributed by atoms with Gasteiger partial charge in [-0.05, 0) is 19.3 Å². The van der Waals surface area contributed by atoms with Crippen LogP contribution in [-0.2, 0) is 4.74 Å². The van der Waals surface area contributed by atoms with Crippen LogP contribution in [-0.4, -0.2) is 30.8 Å². The van der Waals surface area contributed by atoms with Crippen molar-refractivity contribution in [1.82, 2.24) is 10.6 Å². The van der Waals surface area contributed by atoms with Crippen molar-refractivity contribution in [3.05, 3.63) is 0 Å². The molecule has 5 heteroatoms. The van der Waals surface area contributed by atoms with Crippen molar-refractivity contribution < 1.29 is 9.53 Å². The molecule has 0 saturated carbocycles. The number of urea groups is 1. The SMILES string of the molecule is CCC(C#N)(CC)NC(=O)NC1CCOC1. The highest BCUT2D eigenvalue weighted by atomic mass is 16.5. The molecule has 0 radical (unpaired) electrons. The van der Waals surface area contributed by atoms with Crippen molar-refractivity contribution in [1.29, 1.82) is 5.26 Å². The van der Waals surface area contributed by atoms with Crippen LogP contribution in [0.5, 0.6) is 0 Å². The molecule has 1 aliphatic heterocycles. The van der Waals surface area contributed by atoms with Crippen molar-refractivity contribution in [2.75, 3.05) is 13.2 Å². The Labute approximate surface area is 96.2 Å². The fourth-order valence-corrected chi connectivity index (χ4v) is 1.70. The molecule has 1 rings (SSSR count). The minimum absolute atomic E-state index is 0.0742. The zero-order valence-electron chi connectivity index (χ0n) is 9.88. The standard InChI is InChI=1S/C11H19N3O2/c1-3-11(4-2,8-12)14-10(15)13-9-5-6-16-7-9/h9H,3-7H2,1-2H3,(H2,13,14,15). The summed E-state index contributed by atoms with van der Waals surface area (Å²) in [6, 6.07) is 1.96. The molecule has 2 N–H and O–H groups in total. The molecule has 1 unspecified atom stereocenters. The summed E-state index contributed by atoms with van der Waals surface area (Å²) >= 11 is 0. The lowest BCUT2D eigenvalue weighted by Gasteiger charge is -2.25. The molecule has 2 amide bonds. The third kappa shape index (κ3) is 3.11. The molecule has 90 valence electrons. The number of nitrogens with zero attached hydrogens (tertiary/aromatic N) is 1. The van der Waals surface area contributed by atoms with Crippen molar-refractivity contribution in [3.63, 3.8) is 0 Å². The van der Waals surface area contributed by atoms with Crippen LogP contribution < -0.4 is 10.6 Å². The van der Waals surface area contributed by atoms with Crippen LogP contribution in [0, 0.1) is 11.3 Å². The van der Waals surface area contributed by atoms with Gasteiger partial charge in [0.2, 0.25) is 0 Å². The van der Waals surface area contributed by atoms with Gasteiger partial charge >= 0.3 is 6.03 Å². The number of amides is 2. The van der Waals surface area contributed by atoms with E-state index in [1.54, 1.807) is 0 Å². The Morgan fingerprint density at radius 3 is 2.69 bits per heavy atom. The van der Waals surface area contributed by atoms with Gasteiger partial charge in [-0.15, -0.1) is 0 Å². The molecular weight excluding hydrogens is 206 g/mol. The quantitative estimate of drug-likeness (QED) is 0.754. The second-order valence-corrected chi connectivity index (χ2v) is 4.06. The third-order valence-electron chi connectivity index (χ3n) is 3.04. The molecule has 0 spiro atoms. The molecule has 1 aliphatic rings. The van der Waals surface area contributed by atoms with E-state index in [9.17, 15) is 4.79 Å². The van der Waals surface area contributed by atoms with E-state index in [0.29, 0.717) is 26.1 Å². The van der Waals surface area contributed by atoms with Crippen molar-refractivity contribution in [2.45, 2.75) is 44.7 Å². The largest absolute Gasteiger partial charge is 0.379 e. The van der Waals surface area contributed by atoms with Crippen LogP contribution in [0.4, 0.5) is 4.79 Å². The minimum Gasteiger partial charge on any atom is -0.379 e. The second-order valence-electron chi connectivity index (χ2n) is 4.06. The van der Waals surface area contributed by atoms with Gasteiger partial charge in [-0.1, -0.05) is 13.8 Å². The van der Waals surface area contributed by atoms with Gasteiger partial charge in [0.05, 0.1) is 18.7 Å². The molecule has 0 aliphatic carbocycles. The van der Waals surface area contributed by atoms with Gasteiger partial charge in [-0.3, -0.25) is 0 Å². The minimum atomic E-state index is -0.746. The van der Waals surface area contributed by atoms with E-state index in [1.807, 2.05) is 13.8 Å². The van der Waals surface area contributed by atoms with Crippen LogP contribution >= 0.6 is 0 Å². The monoisotopic (exact) mass is 225 g/mol. The van der Waals surface area contributed by atoms with Crippen molar-refractivity contribution in [3.8, 4) is 6.07 Å². The summed E-state index contributed by atoms with van der Waals surface area (Å²) in [5, 5.41) is 14.6. The average molecular weight is 225 g/mol. The molecule has 0 bridgehead atoms. The Morgan fingerprint density at radius 1 is 1.56 bits per heavy atom. The number of hydrogen-bond acceptors (Lipinski definition) is 3. The Kier molecular flexibility index (Phi) is 4.56. The maximum absolute atomic E-state index is 11.7. The number of nitrogens with one attached hydrogen (secondary N) is 2. The predicted octanol–water partition coefficient (Wildman–Crippen LogP) is 1.16. The summed E-state index contributed by atoms with van der Waals surface area (Å²) < 4.78 is 5.16. The first-order chi connectivity index (χ1) is 7.65. The molecule has 1 heterocycles. The molecule has 1 atom stereocenters. The number of rotatable bonds is 4. The van der Waals surface area contributed by atoms with Crippen LogP contribution in [0.2, 0.25) is 0 Å². The topological polar surface area (TPSA) is 74.2 Å². The Bertz CT molecular complexity index is 275. The zero-order chi connectivity index (χ0) is 12.0. The van der Waals surface area contributed by atoms with Crippen molar-refractivity contribution in [2.24, 2.45) is 0 Å². The van der Waals surface area contributed by atoms with E-state index in [-0.39, 0.29) is 12.1 Å². The molecular formula is C11H19N3O2. The number of carbonyl (C=O) groups excluding carboxylic acids is 1. The van der Waals surface area contributed by atoms with Crippen LogP contribution in [0.25, 0.3) is 0 Å². The molecule has 16 heavy (non-hydrogen) atoms. The lowest BCUT2D eigenvalue weighted by atomic mass is 9.95. The van der Waals surface area contributed by atoms with E-state index in [2.05, 4.69) is 16.7 Å². The van der Waals surface area contributed by atoms with E-state index < -0.39 is 5.54 Å². The second kappa shape index (κ2) is 5.71. The Balaban J connectivity index is 2.45. The first-order valence-electron chi connectivity index (χ1n) is 5.73. The highest BCUT2D eigenvalue weighted by Crippen LogP contribution is 2.13. The highest BCUT2D eigenvalue weighted by Gasteiger charge is 2.28. The smallest absolute Gasteiger partial charge is 0.316 e. The maximum Gasteiger partial charge on any atom is 0.316 e. The summed E-state index contributed by atoms with van der Waals surface area (Å²) in [7, 11) is 0. The number of hydrogen-bond donors (Lipinski definition) is 2. The lowest BCUT2D eigenvalue weighted by molar-refractivity contribution is 0.187. The molecule has 1 fully saturated rings. The normalized spacial score (nSPS) is 20.2. The molecule has 0 aromatic heterocycles. The zero-order valence-corrected chi connectivity index (χ0v) is 9.88. The van der Waals surface area contributed by atoms with E-state index in [0.717, 1.165) is 6.42 Å². The highest BCUT2D eigenvalue weighted by molar-refractivity contribution is 5.75. The Hall–Kier alpha value is -1.28. The van der Waals surface area contributed by atoms with Crippen LogP contribution in [0.15, 0.2) is 0 Å². The number of nitriles is 1. The number of carbonyl (C=O) groups is 1. The van der Waals surface area contributed by atoms with Gasteiger partial charge in [-0.2, -0.15) is 5.26 Å². The summed E-state index contributed by atoms with van der Waals surface area (Å²) in [5.41, 5.74) is -0.746. The van der Waals surface area contributed by atoms with Gasteiger partial charge in [0.1, 0.15) is 5.54 Å². The van der Waals surface area contributed by atoms with Gasteiger partial charge in [-0.25, -0.2) is 4.79 Å². The molecule has 5 nitrogen and oxygen atoms in total. The lowest BCUT2D eigenvalue weighted by Crippen LogP contribution is -2.53. The third-order valence-corrected chi connectivity index (χ3v) is 3.04. The molecule has 0 aromatic rings. The molecule has 0 aromatic carbocycles. The van der Waals surface area contributed by atoms with Crippen LogP contribution in [0.1, 0.15) is 33.1 Å². The van der Waals surface area contributed by atoms with Crippen LogP contribution in [0.3, 0.4) is 0 Å². The Morgan fingerprint density at radius 2 is 2.25 bits per heavy atom. The average Bonchev–Trinajstić information content (AvgIpc) is 2.79. The van der Waals surface area contributed by atoms with Gasteiger partial charge < -0.3 is 15.4 Å². The van der Waals surface area contributed by atoms with E-state index >= 15 is 0 Å². The van der Waals surface area contributed by atoms with Crippen molar-refractivity contribution >= 4 is 6.03 Å². The summed E-state index contributed by atoms with van der Waals surface area (Å²) in [4.78, 5) is 11.7. The summed E-state index contributed by atoms with van der Waals surface area (Å²) in [6.07, 6.45) is 2.05. The van der Waals surface area contributed by atoms with Gasteiger partial charge in [0, 0.05) is 6.61 Å². The molecule has 1 saturated heterocycles. The fraction of sp³-hybridized carbons (Fsp3) is 0.818. The predicted molar refractivity (Wildman–Crippen MR) is 59.8 cm³/mol. The van der Waals surface area contributed by atoms with E-state index in [1.165, 1.54) is 0 Å².